The molecule has 14 heavy (non-hydrogen) atoms. The first-order valence-corrected chi connectivity index (χ1v) is 5.73. The quantitative estimate of drug-likeness (QED) is 0.682. The van der Waals surface area contributed by atoms with Crippen LogP contribution in [0.25, 0.3) is 0 Å². The summed E-state index contributed by atoms with van der Waals surface area (Å²) in [5.41, 5.74) is 0. The topological polar surface area (TPSA) is 37.3 Å². The van der Waals surface area contributed by atoms with E-state index in [1.807, 2.05) is 0 Å². The summed E-state index contributed by atoms with van der Waals surface area (Å²) < 4.78 is 0. The smallest absolute Gasteiger partial charge is 0.306 e. The normalized spacial score (nSPS) is 13.6. The molecule has 0 aliphatic carbocycles. The second-order valence-electron chi connectivity index (χ2n) is 4.58. The molecule has 1 unspecified atom stereocenters. The summed E-state index contributed by atoms with van der Waals surface area (Å²) in [5, 5.41) is 9.06. The van der Waals surface area contributed by atoms with Crippen LogP contribution in [0, 0.1) is 17.8 Å². The number of aliphatic carboxylic acids is 1. The van der Waals surface area contributed by atoms with Crippen LogP contribution in [0.15, 0.2) is 0 Å². The first-order chi connectivity index (χ1) is 6.51. The molecule has 1 atom stereocenters. The lowest BCUT2D eigenvalue weighted by Gasteiger charge is -2.19. The Hall–Kier alpha value is -0.530. The van der Waals surface area contributed by atoms with Crippen LogP contribution in [-0.4, -0.2) is 11.1 Å². The molecule has 0 saturated carbocycles. The standard InChI is InChI=1S/C12H24O2/c1-5-10(6-2)8-11(12(13)14)7-9(3)4/h9-11H,5-8H2,1-4H3,(H,13,14). The molecule has 84 valence electrons. The second kappa shape index (κ2) is 6.86. The van der Waals surface area contributed by atoms with E-state index in [9.17, 15) is 4.79 Å². The third-order valence-electron chi connectivity index (χ3n) is 2.88. The Bertz CT molecular complexity index is 160. The number of rotatable bonds is 7. The molecule has 0 aliphatic rings. The third-order valence-corrected chi connectivity index (χ3v) is 2.88. The molecule has 0 fully saturated rings. The number of carboxylic acids is 1. The van der Waals surface area contributed by atoms with Gasteiger partial charge in [0.1, 0.15) is 0 Å². The zero-order chi connectivity index (χ0) is 11.1. The highest BCUT2D eigenvalue weighted by Crippen LogP contribution is 2.24. The van der Waals surface area contributed by atoms with E-state index in [0.29, 0.717) is 11.8 Å². The summed E-state index contributed by atoms with van der Waals surface area (Å²) in [6.45, 7) is 8.45. The molecule has 0 radical (unpaired) electrons. The van der Waals surface area contributed by atoms with Crippen LogP contribution < -0.4 is 0 Å². The van der Waals surface area contributed by atoms with Crippen molar-refractivity contribution in [3.8, 4) is 0 Å². The summed E-state index contributed by atoms with van der Waals surface area (Å²) in [7, 11) is 0. The molecule has 0 aliphatic heterocycles. The van der Waals surface area contributed by atoms with E-state index in [1.54, 1.807) is 0 Å². The van der Waals surface area contributed by atoms with Gasteiger partial charge in [-0.3, -0.25) is 4.79 Å². The molecule has 0 rings (SSSR count). The fourth-order valence-electron chi connectivity index (χ4n) is 1.89. The number of hydrogen-bond donors (Lipinski definition) is 1. The van der Waals surface area contributed by atoms with E-state index < -0.39 is 5.97 Å². The largest absolute Gasteiger partial charge is 0.481 e. The van der Waals surface area contributed by atoms with Crippen molar-refractivity contribution in [2.45, 2.75) is 53.4 Å². The second-order valence-corrected chi connectivity index (χ2v) is 4.58. The predicted molar refractivity (Wildman–Crippen MR) is 59.3 cm³/mol. The number of carboxylic acid groups (broad SMARTS) is 1. The van der Waals surface area contributed by atoms with Crippen molar-refractivity contribution in [1.29, 1.82) is 0 Å². The van der Waals surface area contributed by atoms with Crippen LogP contribution in [0.1, 0.15) is 53.4 Å². The lowest BCUT2D eigenvalue weighted by Crippen LogP contribution is -2.19. The van der Waals surface area contributed by atoms with Crippen molar-refractivity contribution in [3.63, 3.8) is 0 Å². The van der Waals surface area contributed by atoms with Crippen molar-refractivity contribution in [1.82, 2.24) is 0 Å². The van der Waals surface area contributed by atoms with Crippen LogP contribution in [0.3, 0.4) is 0 Å². The molecule has 1 N–H and O–H groups in total. The van der Waals surface area contributed by atoms with Crippen LogP contribution in [-0.2, 0) is 4.79 Å². The molecular weight excluding hydrogens is 176 g/mol. The van der Waals surface area contributed by atoms with Crippen molar-refractivity contribution >= 4 is 5.97 Å². The molecule has 0 spiro atoms. The number of carbonyl (C=O) groups is 1. The van der Waals surface area contributed by atoms with Gasteiger partial charge in [-0.1, -0.05) is 40.5 Å². The Labute approximate surface area is 87.7 Å². The lowest BCUT2D eigenvalue weighted by molar-refractivity contribution is -0.143. The third kappa shape index (κ3) is 5.25. The highest BCUT2D eigenvalue weighted by Gasteiger charge is 2.21. The number of hydrogen-bond acceptors (Lipinski definition) is 1. The highest BCUT2D eigenvalue weighted by atomic mass is 16.4. The molecule has 0 amide bonds. The van der Waals surface area contributed by atoms with Crippen molar-refractivity contribution in [2.24, 2.45) is 17.8 Å². The van der Waals surface area contributed by atoms with Gasteiger partial charge in [0, 0.05) is 0 Å². The van der Waals surface area contributed by atoms with Gasteiger partial charge in [0.15, 0.2) is 0 Å². The maximum Gasteiger partial charge on any atom is 0.306 e. The van der Waals surface area contributed by atoms with Gasteiger partial charge in [0.25, 0.3) is 0 Å². The highest BCUT2D eigenvalue weighted by molar-refractivity contribution is 5.69. The Kier molecular flexibility index (Phi) is 6.60. The van der Waals surface area contributed by atoms with Gasteiger partial charge in [-0.2, -0.15) is 0 Å². The summed E-state index contributed by atoms with van der Waals surface area (Å²) in [6, 6.07) is 0. The average molecular weight is 200 g/mol. The minimum atomic E-state index is -0.620. The average Bonchev–Trinajstić information content (AvgIpc) is 2.11. The van der Waals surface area contributed by atoms with Crippen molar-refractivity contribution in [2.75, 3.05) is 0 Å². The Morgan fingerprint density at radius 2 is 1.64 bits per heavy atom. The SMILES string of the molecule is CCC(CC)CC(CC(C)C)C(=O)O. The molecule has 2 heteroatoms. The van der Waals surface area contributed by atoms with Crippen molar-refractivity contribution in [3.05, 3.63) is 0 Å². The lowest BCUT2D eigenvalue weighted by atomic mass is 9.86. The maximum absolute atomic E-state index is 11.0. The summed E-state index contributed by atoms with van der Waals surface area (Å²) >= 11 is 0. The molecule has 0 heterocycles. The summed E-state index contributed by atoms with van der Waals surface area (Å²) in [4.78, 5) is 11.0. The van der Waals surface area contributed by atoms with Gasteiger partial charge < -0.3 is 5.11 Å². The zero-order valence-electron chi connectivity index (χ0n) is 9.92. The maximum atomic E-state index is 11.0. The van der Waals surface area contributed by atoms with E-state index >= 15 is 0 Å². The monoisotopic (exact) mass is 200 g/mol. The van der Waals surface area contributed by atoms with Crippen LogP contribution in [0.2, 0.25) is 0 Å². The predicted octanol–water partition coefficient (Wildman–Crippen LogP) is 3.56. The van der Waals surface area contributed by atoms with Gasteiger partial charge in [-0.05, 0) is 24.7 Å². The molecule has 0 aromatic heterocycles. The molecular formula is C12H24O2. The van der Waals surface area contributed by atoms with E-state index in [4.69, 9.17) is 5.11 Å². The molecule has 0 bridgehead atoms. The zero-order valence-corrected chi connectivity index (χ0v) is 9.92. The van der Waals surface area contributed by atoms with Gasteiger partial charge in [0.2, 0.25) is 0 Å². The van der Waals surface area contributed by atoms with Crippen LogP contribution in [0.5, 0.6) is 0 Å². The molecule has 0 aromatic rings. The molecule has 0 aromatic carbocycles. The summed E-state index contributed by atoms with van der Waals surface area (Å²) in [5.74, 6) is 0.297. The van der Waals surface area contributed by atoms with E-state index in [0.717, 1.165) is 25.7 Å². The first kappa shape index (κ1) is 13.5. The van der Waals surface area contributed by atoms with Crippen LogP contribution in [0.4, 0.5) is 0 Å². The van der Waals surface area contributed by atoms with Crippen LogP contribution >= 0.6 is 0 Å². The molecule has 2 nitrogen and oxygen atoms in total. The van der Waals surface area contributed by atoms with Gasteiger partial charge in [-0.25, -0.2) is 0 Å². The Morgan fingerprint density at radius 3 is 1.93 bits per heavy atom. The fraction of sp³-hybridized carbons (Fsp3) is 0.917. The van der Waals surface area contributed by atoms with Crippen molar-refractivity contribution < 1.29 is 9.90 Å². The minimum Gasteiger partial charge on any atom is -0.481 e. The van der Waals surface area contributed by atoms with E-state index in [1.165, 1.54) is 0 Å². The minimum absolute atomic E-state index is 0.139. The van der Waals surface area contributed by atoms with Gasteiger partial charge >= 0.3 is 5.97 Å². The molecule has 0 saturated heterocycles. The fourth-order valence-corrected chi connectivity index (χ4v) is 1.89. The Balaban J connectivity index is 4.14. The summed E-state index contributed by atoms with van der Waals surface area (Å²) in [6.07, 6.45) is 3.85. The van der Waals surface area contributed by atoms with Gasteiger partial charge in [-0.15, -0.1) is 0 Å². The Morgan fingerprint density at radius 1 is 1.14 bits per heavy atom. The van der Waals surface area contributed by atoms with E-state index in [-0.39, 0.29) is 5.92 Å². The van der Waals surface area contributed by atoms with Gasteiger partial charge in [0.05, 0.1) is 5.92 Å². The van der Waals surface area contributed by atoms with E-state index in [2.05, 4.69) is 27.7 Å². The first-order valence-electron chi connectivity index (χ1n) is 5.73.